The number of benzene rings is 1. The van der Waals surface area contributed by atoms with Crippen molar-refractivity contribution < 1.29 is 4.84 Å². The Balaban J connectivity index is 1.83. The highest BCUT2D eigenvalue weighted by Crippen LogP contribution is 2.16. The van der Waals surface area contributed by atoms with Crippen LogP contribution in [0.2, 0.25) is 5.02 Å². The lowest BCUT2D eigenvalue weighted by Crippen LogP contribution is -2.05. The average Bonchev–Trinajstić information content (AvgIpc) is 2.30. The maximum absolute atomic E-state index is 5.88. The smallest absolute Gasteiger partial charge is 0.142 e. The summed E-state index contributed by atoms with van der Waals surface area (Å²) in [6, 6.07) is 7.68. The van der Waals surface area contributed by atoms with Gasteiger partial charge in [-0.25, -0.2) is 0 Å². The predicted octanol–water partition coefficient (Wildman–Crippen LogP) is 4.18. The van der Waals surface area contributed by atoms with Crippen molar-refractivity contribution in [2.75, 3.05) is 0 Å². The van der Waals surface area contributed by atoms with Crippen molar-refractivity contribution in [2.45, 2.75) is 38.7 Å². The van der Waals surface area contributed by atoms with E-state index in [9.17, 15) is 0 Å². The number of rotatable bonds is 3. The first-order chi connectivity index (χ1) is 7.84. The van der Waals surface area contributed by atoms with Gasteiger partial charge in [-0.05, 0) is 43.4 Å². The summed E-state index contributed by atoms with van der Waals surface area (Å²) in [6.45, 7) is 0.504. The molecule has 3 heteroatoms. The molecule has 2 rings (SSSR count). The van der Waals surface area contributed by atoms with Gasteiger partial charge in [-0.1, -0.05) is 35.3 Å². The van der Waals surface area contributed by atoms with Crippen LogP contribution < -0.4 is 0 Å². The Kier molecular flexibility index (Phi) is 4.23. The number of hydrogen-bond donors (Lipinski definition) is 0. The number of halogens is 1. The van der Waals surface area contributed by atoms with E-state index < -0.39 is 0 Å². The van der Waals surface area contributed by atoms with Crippen LogP contribution in [0, 0.1) is 0 Å². The Labute approximate surface area is 101 Å². The second kappa shape index (κ2) is 5.90. The van der Waals surface area contributed by atoms with Gasteiger partial charge in [0.25, 0.3) is 0 Å². The highest BCUT2D eigenvalue weighted by Gasteiger charge is 2.06. The molecule has 0 bridgehead atoms. The van der Waals surface area contributed by atoms with Gasteiger partial charge in [0.2, 0.25) is 0 Å². The molecule has 0 aromatic heterocycles. The van der Waals surface area contributed by atoms with E-state index in [1.165, 1.54) is 25.0 Å². The monoisotopic (exact) mass is 237 g/mol. The van der Waals surface area contributed by atoms with Crippen LogP contribution in [-0.4, -0.2) is 5.71 Å². The van der Waals surface area contributed by atoms with Crippen LogP contribution >= 0.6 is 11.6 Å². The van der Waals surface area contributed by atoms with Crippen LogP contribution in [0.4, 0.5) is 0 Å². The van der Waals surface area contributed by atoms with E-state index >= 15 is 0 Å². The van der Waals surface area contributed by atoms with Crippen LogP contribution in [0.1, 0.15) is 37.7 Å². The van der Waals surface area contributed by atoms with Crippen molar-refractivity contribution in [1.29, 1.82) is 0 Å². The summed E-state index contributed by atoms with van der Waals surface area (Å²) in [7, 11) is 0. The van der Waals surface area contributed by atoms with Gasteiger partial charge in [0.15, 0.2) is 0 Å². The van der Waals surface area contributed by atoms with E-state index in [0.717, 1.165) is 23.4 Å². The SMILES string of the molecule is Clc1cccc(CON=C2CCCCC2)c1. The lowest BCUT2D eigenvalue weighted by atomic mass is 9.99. The highest BCUT2D eigenvalue weighted by atomic mass is 35.5. The third kappa shape index (κ3) is 3.53. The Morgan fingerprint density at radius 1 is 1.19 bits per heavy atom. The van der Waals surface area contributed by atoms with Crippen molar-refractivity contribution in [1.82, 2.24) is 0 Å². The van der Waals surface area contributed by atoms with Crippen LogP contribution in [0.3, 0.4) is 0 Å². The zero-order valence-electron chi connectivity index (χ0n) is 9.29. The van der Waals surface area contributed by atoms with Crippen LogP contribution in [0.15, 0.2) is 29.4 Å². The van der Waals surface area contributed by atoms with Crippen molar-refractivity contribution in [3.05, 3.63) is 34.9 Å². The van der Waals surface area contributed by atoms with Crippen molar-refractivity contribution in [3.8, 4) is 0 Å². The van der Waals surface area contributed by atoms with Gasteiger partial charge in [0.05, 0.1) is 5.71 Å². The predicted molar refractivity (Wildman–Crippen MR) is 66.8 cm³/mol. The summed E-state index contributed by atoms with van der Waals surface area (Å²) in [5.74, 6) is 0. The first-order valence-electron chi connectivity index (χ1n) is 5.77. The molecular weight excluding hydrogens is 222 g/mol. The van der Waals surface area contributed by atoms with E-state index in [1.54, 1.807) is 0 Å². The highest BCUT2D eigenvalue weighted by molar-refractivity contribution is 6.30. The fourth-order valence-electron chi connectivity index (χ4n) is 1.88. The van der Waals surface area contributed by atoms with E-state index in [2.05, 4.69) is 5.16 Å². The van der Waals surface area contributed by atoms with Crippen LogP contribution in [0.5, 0.6) is 0 Å². The first kappa shape index (κ1) is 11.5. The van der Waals surface area contributed by atoms with Gasteiger partial charge < -0.3 is 4.84 Å². The molecule has 0 radical (unpaired) electrons. The molecule has 16 heavy (non-hydrogen) atoms. The fourth-order valence-corrected chi connectivity index (χ4v) is 2.09. The minimum absolute atomic E-state index is 0.504. The zero-order valence-corrected chi connectivity index (χ0v) is 10.0. The molecule has 0 atom stereocenters. The Morgan fingerprint density at radius 2 is 2.00 bits per heavy atom. The number of nitrogens with zero attached hydrogens (tertiary/aromatic N) is 1. The van der Waals surface area contributed by atoms with Crippen molar-refractivity contribution in [3.63, 3.8) is 0 Å². The van der Waals surface area contributed by atoms with E-state index in [1.807, 2.05) is 24.3 Å². The third-order valence-electron chi connectivity index (χ3n) is 2.74. The minimum atomic E-state index is 0.504. The molecule has 86 valence electrons. The largest absolute Gasteiger partial charge is 0.391 e. The quantitative estimate of drug-likeness (QED) is 0.723. The van der Waals surface area contributed by atoms with E-state index in [4.69, 9.17) is 16.4 Å². The van der Waals surface area contributed by atoms with Crippen LogP contribution in [-0.2, 0) is 11.4 Å². The summed E-state index contributed by atoms with van der Waals surface area (Å²) in [6.07, 6.45) is 6.01. The second-order valence-corrected chi connectivity index (χ2v) is 4.56. The lowest BCUT2D eigenvalue weighted by molar-refractivity contribution is 0.128. The third-order valence-corrected chi connectivity index (χ3v) is 2.98. The fraction of sp³-hybridized carbons (Fsp3) is 0.462. The molecule has 0 N–H and O–H groups in total. The van der Waals surface area contributed by atoms with Crippen molar-refractivity contribution >= 4 is 17.3 Å². The maximum atomic E-state index is 5.88. The normalized spacial score (nSPS) is 15.9. The molecule has 0 saturated heterocycles. The molecule has 0 spiro atoms. The molecule has 0 aliphatic heterocycles. The minimum Gasteiger partial charge on any atom is -0.391 e. The summed E-state index contributed by atoms with van der Waals surface area (Å²) in [4.78, 5) is 5.34. The molecule has 1 aromatic rings. The number of hydrogen-bond acceptors (Lipinski definition) is 2. The average molecular weight is 238 g/mol. The van der Waals surface area contributed by atoms with Gasteiger partial charge in [-0.2, -0.15) is 0 Å². The molecule has 1 saturated carbocycles. The maximum Gasteiger partial charge on any atom is 0.142 e. The molecular formula is C13H16ClNO. The summed E-state index contributed by atoms with van der Waals surface area (Å²) < 4.78 is 0. The molecule has 0 amide bonds. The van der Waals surface area contributed by atoms with E-state index in [-0.39, 0.29) is 0 Å². The number of oxime groups is 1. The van der Waals surface area contributed by atoms with Gasteiger partial charge >= 0.3 is 0 Å². The molecule has 1 fully saturated rings. The molecule has 1 aliphatic rings. The Hall–Kier alpha value is -1.02. The van der Waals surface area contributed by atoms with E-state index in [0.29, 0.717) is 6.61 Å². The molecule has 1 aliphatic carbocycles. The lowest BCUT2D eigenvalue weighted by Gasteiger charge is -2.11. The zero-order chi connectivity index (χ0) is 11.2. The Morgan fingerprint density at radius 3 is 2.75 bits per heavy atom. The molecule has 1 aromatic carbocycles. The summed E-state index contributed by atoms with van der Waals surface area (Å²) in [5, 5.41) is 4.92. The molecule has 0 unspecified atom stereocenters. The standard InChI is InChI=1S/C13H16ClNO/c14-12-6-4-5-11(9-12)10-16-15-13-7-2-1-3-8-13/h4-6,9H,1-3,7-8,10H2. The summed E-state index contributed by atoms with van der Waals surface area (Å²) in [5.41, 5.74) is 2.26. The molecule has 0 heterocycles. The van der Waals surface area contributed by atoms with Gasteiger partial charge in [0.1, 0.15) is 6.61 Å². The van der Waals surface area contributed by atoms with Crippen molar-refractivity contribution in [2.24, 2.45) is 5.16 Å². The van der Waals surface area contributed by atoms with Gasteiger partial charge in [-0.3, -0.25) is 0 Å². The topological polar surface area (TPSA) is 21.6 Å². The molecule has 2 nitrogen and oxygen atoms in total. The second-order valence-electron chi connectivity index (χ2n) is 4.12. The van der Waals surface area contributed by atoms with Crippen LogP contribution in [0.25, 0.3) is 0 Å². The van der Waals surface area contributed by atoms with Gasteiger partial charge in [0, 0.05) is 5.02 Å². The Bertz CT molecular complexity index is 368. The first-order valence-corrected chi connectivity index (χ1v) is 6.14. The summed E-state index contributed by atoms with van der Waals surface area (Å²) >= 11 is 5.88. The van der Waals surface area contributed by atoms with Gasteiger partial charge in [-0.15, -0.1) is 0 Å².